The Kier molecular flexibility index (Phi) is 6.29. The van der Waals surface area contributed by atoms with Gasteiger partial charge in [0.15, 0.2) is 0 Å². The molecule has 154 valence electrons. The normalized spacial score (nSPS) is 12.3. The quantitative estimate of drug-likeness (QED) is 0.321. The van der Waals surface area contributed by atoms with Crippen molar-refractivity contribution in [2.45, 2.75) is 38.6 Å². The van der Waals surface area contributed by atoms with Gasteiger partial charge in [-0.05, 0) is 23.7 Å². The number of aromatic nitrogens is 2. The van der Waals surface area contributed by atoms with Gasteiger partial charge in [0.2, 0.25) is 0 Å². The lowest BCUT2D eigenvalue weighted by Gasteiger charge is -2.17. The van der Waals surface area contributed by atoms with Crippen molar-refractivity contribution >= 4 is 8.07 Å². The molecular weight excluding hydrogens is 393 g/mol. The summed E-state index contributed by atoms with van der Waals surface area (Å²) in [6.07, 6.45) is -2.62. The molecule has 0 fully saturated rings. The molecule has 0 aliphatic heterocycles. The second-order valence-corrected chi connectivity index (χ2v) is 13.8. The summed E-state index contributed by atoms with van der Waals surface area (Å²) in [5, 5.41) is 0. The number of nitrogens with zero attached hydrogens (tertiary/aromatic N) is 2. The van der Waals surface area contributed by atoms with E-state index in [9.17, 15) is 13.2 Å². The number of alkyl halides is 3. The first kappa shape index (κ1) is 21.3. The maximum absolute atomic E-state index is 12.9. The highest BCUT2D eigenvalue weighted by atomic mass is 28.3. The van der Waals surface area contributed by atoms with Crippen molar-refractivity contribution in [3.8, 4) is 22.6 Å². The van der Waals surface area contributed by atoms with Gasteiger partial charge in [0, 0.05) is 20.2 Å². The lowest BCUT2D eigenvalue weighted by molar-refractivity contribution is -0.137. The fourth-order valence-electron chi connectivity index (χ4n) is 2.92. The first-order valence-electron chi connectivity index (χ1n) is 9.51. The van der Waals surface area contributed by atoms with Gasteiger partial charge in [0.1, 0.15) is 12.6 Å². The van der Waals surface area contributed by atoms with Crippen molar-refractivity contribution in [1.29, 1.82) is 0 Å². The molecule has 0 bridgehead atoms. The Labute approximate surface area is 170 Å². The standard InChI is InChI=1S/C22H25F3N2OSi/c1-29(2,3)14-13-28-16-27-20(17-7-5-4-6-8-17)15-26-21(27)18-9-11-19(12-10-18)22(23,24)25/h4-12,15H,13-14,16H2,1-3H3. The van der Waals surface area contributed by atoms with Crippen molar-refractivity contribution in [3.63, 3.8) is 0 Å². The number of halogens is 3. The van der Waals surface area contributed by atoms with Crippen molar-refractivity contribution < 1.29 is 17.9 Å². The highest BCUT2D eigenvalue weighted by Gasteiger charge is 2.30. The van der Waals surface area contributed by atoms with Crippen LogP contribution >= 0.6 is 0 Å². The van der Waals surface area contributed by atoms with Crippen LogP contribution in [0.4, 0.5) is 13.2 Å². The summed E-state index contributed by atoms with van der Waals surface area (Å²) in [5.41, 5.74) is 1.79. The van der Waals surface area contributed by atoms with Crippen molar-refractivity contribution in [3.05, 3.63) is 66.4 Å². The highest BCUT2D eigenvalue weighted by Crippen LogP contribution is 2.32. The van der Waals surface area contributed by atoms with E-state index < -0.39 is 19.8 Å². The summed E-state index contributed by atoms with van der Waals surface area (Å²) in [6.45, 7) is 7.81. The molecule has 0 aliphatic carbocycles. The average Bonchev–Trinajstić information content (AvgIpc) is 3.08. The van der Waals surface area contributed by atoms with Crippen LogP contribution in [0.3, 0.4) is 0 Å². The summed E-state index contributed by atoms with van der Waals surface area (Å²) in [5.74, 6) is 0.589. The number of rotatable bonds is 7. The molecule has 1 heterocycles. The molecular formula is C22H25F3N2OSi. The first-order chi connectivity index (χ1) is 13.6. The van der Waals surface area contributed by atoms with Crippen LogP contribution in [-0.2, 0) is 17.6 Å². The van der Waals surface area contributed by atoms with E-state index in [4.69, 9.17) is 4.74 Å². The zero-order chi connectivity index (χ0) is 21.1. The largest absolute Gasteiger partial charge is 0.416 e. The minimum Gasteiger partial charge on any atom is -0.361 e. The lowest BCUT2D eigenvalue weighted by Crippen LogP contribution is -2.22. The van der Waals surface area contributed by atoms with Gasteiger partial charge in [0.05, 0.1) is 17.5 Å². The van der Waals surface area contributed by atoms with E-state index in [1.165, 1.54) is 12.1 Å². The number of benzene rings is 2. The molecule has 0 radical (unpaired) electrons. The molecule has 0 unspecified atom stereocenters. The Balaban J connectivity index is 1.91. The van der Waals surface area contributed by atoms with E-state index in [1.807, 2.05) is 34.9 Å². The first-order valence-corrected chi connectivity index (χ1v) is 13.2. The minimum atomic E-state index is -4.36. The second-order valence-electron chi connectivity index (χ2n) is 8.18. The van der Waals surface area contributed by atoms with E-state index in [-0.39, 0.29) is 0 Å². The van der Waals surface area contributed by atoms with Crippen LogP contribution in [0.5, 0.6) is 0 Å². The Morgan fingerprint density at radius 2 is 1.59 bits per heavy atom. The van der Waals surface area contributed by atoms with E-state index in [1.54, 1.807) is 6.20 Å². The Bertz CT molecular complexity index is 929. The molecule has 0 spiro atoms. The molecule has 3 rings (SSSR count). The summed E-state index contributed by atoms with van der Waals surface area (Å²) in [4.78, 5) is 4.49. The maximum atomic E-state index is 12.9. The Morgan fingerprint density at radius 1 is 0.931 bits per heavy atom. The summed E-state index contributed by atoms with van der Waals surface area (Å²) < 4.78 is 46.5. The van der Waals surface area contributed by atoms with Gasteiger partial charge < -0.3 is 4.74 Å². The predicted molar refractivity (Wildman–Crippen MR) is 112 cm³/mol. The fourth-order valence-corrected chi connectivity index (χ4v) is 3.68. The molecule has 0 amide bonds. The van der Waals surface area contributed by atoms with E-state index >= 15 is 0 Å². The number of hydrogen-bond acceptors (Lipinski definition) is 2. The molecule has 7 heteroatoms. The van der Waals surface area contributed by atoms with Crippen LogP contribution in [0.2, 0.25) is 25.7 Å². The third-order valence-electron chi connectivity index (χ3n) is 4.61. The van der Waals surface area contributed by atoms with Gasteiger partial charge in [-0.15, -0.1) is 0 Å². The van der Waals surface area contributed by atoms with Gasteiger partial charge in [0.25, 0.3) is 0 Å². The van der Waals surface area contributed by atoms with Gasteiger partial charge in [-0.25, -0.2) is 4.98 Å². The maximum Gasteiger partial charge on any atom is 0.416 e. The third kappa shape index (κ3) is 5.58. The molecule has 29 heavy (non-hydrogen) atoms. The average molecular weight is 419 g/mol. The van der Waals surface area contributed by atoms with E-state index in [2.05, 4.69) is 24.6 Å². The van der Waals surface area contributed by atoms with Crippen molar-refractivity contribution in [2.75, 3.05) is 6.61 Å². The summed E-state index contributed by atoms with van der Waals surface area (Å²) in [6, 6.07) is 15.9. The number of imidazole rings is 1. The monoisotopic (exact) mass is 418 g/mol. The SMILES string of the molecule is C[Si](C)(C)CCOCn1c(-c2ccccc2)cnc1-c1ccc(C(F)(F)F)cc1. The van der Waals surface area contributed by atoms with Gasteiger partial charge in [-0.2, -0.15) is 13.2 Å². The number of hydrogen-bond donors (Lipinski definition) is 0. The Morgan fingerprint density at radius 3 is 2.17 bits per heavy atom. The lowest BCUT2D eigenvalue weighted by atomic mass is 10.1. The fraction of sp³-hybridized carbons (Fsp3) is 0.318. The molecule has 3 aromatic rings. The Hall–Kier alpha value is -2.38. The van der Waals surface area contributed by atoms with Crippen LogP contribution in [0, 0.1) is 0 Å². The third-order valence-corrected chi connectivity index (χ3v) is 6.32. The summed E-state index contributed by atoms with van der Waals surface area (Å²) >= 11 is 0. The van der Waals surface area contributed by atoms with Gasteiger partial charge in [-0.3, -0.25) is 4.57 Å². The van der Waals surface area contributed by atoms with Crippen LogP contribution in [0.25, 0.3) is 22.6 Å². The van der Waals surface area contributed by atoms with Gasteiger partial charge >= 0.3 is 6.18 Å². The number of ether oxygens (including phenoxy) is 1. The molecule has 0 N–H and O–H groups in total. The van der Waals surface area contributed by atoms with Crippen LogP contribution in [0.15, 0.2) is 60.8 Å². The van der Waals surface area contributed by atoms with E-state index in [0.29, 0.717) is 24.7 Å². The molecule has 1 aromatic heterocycles. The zero-order valence-corrected chi connectivity index (χ0v) is 17.8. The molecule has 2 aromatic carbocycles. The highest BCUT2D eigenvalue weighted by molar-refractivity contribution is 6.76. The molecule has 3 nitrogen and oxygen atoms in total. The molecule has 0 aliphatic rings. The topological polar surface area (TPSA) is 27.1 Å². The smallest absolute Gasteiger partial charge is 0.361 e. The second kappa shape index (κ2) is 8.55. The molecule has 0 saturated heterocycles. The van der Waals surface area contributed by atoms with Crippen LogP contribution in [-0.4, -0.2) is 24.2 Å². The van der Waals surface area contributed by atoms with Gasteiger partial charge in [-0.1, -0.05) is 62.1 Å². The van der Waals surface area contributed by atoms with Crippen LogP contribution < -0.4 is 0 Å². The van der Waals surface area contributed by atoms with Crippen molar-refractivity contribution in [2.24, 2.45) is 0 Å². The van der Waals surface area contributed by atoms with E-state index in [0.717, 1.165) is 29.4 Å². The van der Waals surface area contributed by atoms with Crippen LogP contribution in [0.1, 0.15) is 5.56 Å². The predicted octanol–water partition coefficient (Wildman–Crippen LogP) is 6.55. The minimum absolute atomic E-state index is 0.297. The molecule has 0 atom stereocenters. The van der Waals surface area contributed by atoms with Crippen molar-refractivity contribution in [1.82, 2.24) is 9.55 Å². The zero-order valence-electron chi connectivity index (χ0n) is 16.8. The molecule has 0 saturated carbocycles. The summed E-state index contributed by atoms with van der Waals surface area (Å²) in [7, 11) is -1.22.